The van der Waals surface area contributed by atoms with Crippen LogP contribution in [0.15, 0.2) is 0 Å². The van der Waals surface area contributed by atoms with Gasteiger partial charge in [-0.05, 0) is 0 Å². The molecule has 0 aromatic rings. The summed E-state index contributed by atoms with van der Waals surface area (Å²) in [6.07, 6.45) is 0. The molecule has 0 saturated heterocycles. The minimum Gasteiger partial charge on any atom is -0.394 e. The van der Waals surface area contributed by atoms with Crippen LogP contribution >= 0.6 is 0 Å². The number of rotatable bonds is 6. The van der Waals surface area contributed by atoms with Gasteiger partial charge in [0.25, 0.3) is 0 Å². The molecule has 0 atom stereocenters. The van der Waals surface area contributed by atoms with Crippen LogP contribution in [-0.2, 0) is 0 Å². The van der Waals surface area contributed by atoms with E-state index in [1.807, 2.05) is 0 Å². The van der Waals surface area contributed by atoms with E-state index in [4.69, 9.17) is 61.3 Å². The molecule has 12 N–H and O–H groups in total. The molecule has 0 heterocycles. The van der Waals surface area contributed by atoms with Crippen molar-refractivity contribution in [1.29, 1.82) is 0 Å². The molecule has 0 aliphatic rings. The largest absolute Gasteiger partial charge is 0.394 e. The normalized spacial score (nSPS) is 7.33. The van der Waals surface area contributed by atoms with Crippen LogP contribution in [0.2, 0.25) is 9.94 Å². The van der Waals surface area contributed by atoms with Gasteiger partial charge in [0.05, 0.1) is 79.3 Å². The van der Waals surface area contributed by atoms with Gasteiger partial charge in [-0.3, -0.25) is 0 Å². The fraction of sp³-hybridized carbons (Fsp3) is 1.00. The number of hydrogen-bond donors (Lipinski definition) is 12. The molecule has 0 fully saturated rings. The molecule has 27 heavy (non-hydrogen) atoms. The Morgan fingerprint density at radius 2 is 0.333 bits per heavy atom. The molecule has 0 aromatic carbocycles. The second kappa shape index (κ2) is 95.1. The monoisotopic (exact) mass is 532 g/mol. The average Bonchev–Trinajstić information content (AvgIpc) is 2.74. The molecule has 0 spiro atoms. The van der Waals surface area contributed by atoms with Gasteiger partial charge in [0.1, 0.15) is 0 Å². The first-order chi connectivity index (χ1) is 12.9. The van der Waals surface area contributed by atoms with Crippen molar-refractivity contribution >= 4 is 20.9 Å². The molecule has 0 saturated carbocycles. The summed E-state index contributed by atoms with van der Waals surface area (Å²) in [7, 11) is 0. The van der Waals surface area contributed by atoms with Gasteiger partial charge < -0.3 is 61.3 Å². The summed E-state index contributed by atoms with van der Waals surface area (Å²) in [5, 5.41) is 91.5. The molecule has 12 nitrogen and oxygen atoms in total. The zero-order chi connectivity index (χ0) is 23.2. The van der Waals surface area contributed by atoms with Gasteiger partial charge in [0.2, 0.25) is 0 Å². The van der Waals surface area contributed by atoms with E-state index in [9.17, 15) is 0 Å². The molecule has 0 aliphatic heterocycles. The van der Waals surface area contributed by atoms with Crippen LogP contribution in [0.1, 0.15) is 0 Å². The predicted molar refractivity (Wildman–Crippen MR) is 103 cm³/mol. The van der Waals surface area contributed by atoms with Crippen molar-refractivity contribution in [3.05, 3.63) is 0 Å². The minimum absolute atomic E-state index is 0.125. The van der Waals surface area contributed by atoms with Gasteiger partial charge in [-0.15, -0.1) is 0 Å². The second-order valence-corrected chi connectivity index (χ2v) is 5.42. The Hall–Kier alpha value is 0.310. The van der Waals surface area contributed by atoms with Crippen molar-refractivity contribution in [1.82, 2.24) is 0 Å². The molecule has 0 amide bonds. The fourth-order valence-corrected chi connectivity index (χ4v) is 0. The summed E-state index contributed by atoms with van der Waals surface area (Å²) in [5.41, 5.74) is 0. The molecule has 0 unspecified atom stereocenters. The van der Waals surface area contributed by atoms with Crippen molar-refractivity contribution in [2.24, 2.45) is 0 Å². The van der Waals surface area contributed by atoms with E-state index in [2.05, 4.69) is 9.94 Å². The quantitative estimate of drug-likeness (QED) is 0.144. The molecule has 0 rings (SSSR count). The summed E-state index contributed by atoms with van der Waals surface area (Å²) in [4.78, 5) is 4.51. The molecule has 176 valence electrons. The van der Waals surface area contributed by atoms with Crippen molar-refractivity contribution in [3.63, 3.8) is 0 Å². The molecule has 0 aliphatic carbocycles. The van der Waals surface area contributed by atoms with Crippen LogP contribution < -0.4 is 0 Å². The maximum Gasteiger partial charge on any atom is 0.0662 e. The first-order valence-electron chi connectivity index (χ1n) is 7.61. The predicted octanol–water partition coefficient (Wildman–Crippen LogP) is -5.39. The standard InChI is InChI=1S/6C2H6O2.C2H6Te/c6*3-1-2-4;1-3-2/h6*3-4H,1-2H2;1-2H3. The van der Waals surface area contributed by atoms with Crippen molar-refractivity contribution in [2.45, 2.75) is 9.94 Å². The summed E-state index contributed by atoms with van der Waals surface area (Å²) < 4.78 is 0. The van der Waals surface area contributed by atoms with Crippen LogP contribution in [0.5, 0.6) is 0 Å². The Labute approximate surface area is 171 Å². The third-order valence-electron chi connectivity index (χ3n) is 0.600. The van der Waals surface area contributed by atoms with Crippen LogP contribution in [-0.4, -0.2) is 161 Å². The Kier molecular flexibility index (Phi) is 161. The van der Waals surface area contributed by atoms with Crippen LogP contribution in [0.25, 0.3) is 0 Å². The van der Waals surface area contributed by atoms with E-state index in [1.165, 1.54) is 0 Å². The Morgan fingerprint density at radius 1 is 0.296 bits per heavy atom. The maximum atomic E-state index is 7.62. The van der Waals surface area contributed by atoms with Crippen molar-refractivity contribution in [2.75, 3.05) is 79.3 Å². The van der Waals surface area contributed by atoms with Crippen molar-refractivity contribution < 1.29 is 61.3 Å². The first-order valence-corrected chi connectivity index (χ1v) is 12.3. The maximum absolute atomic E-state index is 7.62. The number of aliphatic hydroxyl groups is 12. The first kappa shape index (κ1) is 45.8. The van der Waals surface area contributed by atoms with E-state index in [1.54, 1.807) is 0 Å². The molecule has 0 radical (unpaired) electrons. The van der Waals surface area contributed by atoms with Crippen LogP contribution in [0, 0.1) is 0 Å². The van der Waals surface area contributed by atoms with Gasteiger partial charge in [0, 0.05) is 0 Å². The van der Waals surface area contributed by atoms with E-state index in [0.717, 1.165) is 0 Å². The molecular formula is C14H42O12Te. The van der Waals surface area contributed by atoms with Gasteiger partial charge >= 0.3 is 30.9 Å². The zero-order valence-corrected chi connectivity index (χ0v) is 18.6. The second-order valence-electron chi connectivity index (χ2n) is 3.09. The van der Waals surface area contributed by atoms with E-state index in [0.29, 0.717) is 20.9 Å². The van der Waals surface area contributed by atoms with E-state index in [-0.39, 0.29) is 79.3 Å². The third-order valence-corrected chi connectivity index (χ3v) is 0.600. The van der Waals surface area contributed by atoms with Gasteiger partial charge in [-0.2, -0.15) is 0 Å². The Morgan fingerprint density at radius 3 is 0.333 bits per heavy atom. The van der Waals surface area contributed by atoms with Crippen LogP contribution in [0.3, 0.4) is 0 Å². The SMILES string of the molecule is C[Te]C.OCCO.OCCO.OCCO.OCCO.OCCO.OCCO. The Balaban J connectivity index is -0.0000000346. The third kappa shape index (κ3) is 391. The number of aliphatic hydroxyl groups excluding tert-OH is 12. The van der Waals surface area contributed by atoms with Gasteiger partial charge in [-0.25, -0.2) is 0 Å². The van der Waals surface area contributed by atoms with Gasteiger partial charge in [-0.1, -0.05) is 0 Å². The fourth-order valence-electron chi connectivity index (χ4n) is 0. The summed E-state index contributed by atoms with van der Waals surface area (Å²) in [6.45, 7) is -1.50. The topological polar surface area (TPSA) is 243 Å². The molecule has 0 bridgehead atoms. The van der Waals surface area contributed by atoms with E-state index < -0.39 is 0 Å². The summed E-state index contributed by atoms with van der Waals surface area (Å²) >= 11 is 0.470. The minimum atomic E-state index is -0.125. The molecule has 13 heteroatoms. The zero-order valence-electron chi connectivity index (χ0n) is 16.3. The summed E-state index contributed by atoms with van der Waals surface area (Å²) in [6, 6.07) is 0. The summed E-state index contributed by atoms with van der Waals surface area (Å²) in [5.74, 6) is 0. The smallest absolute Gasteiger partial charge is 0.0662 e. The molecule has 0 aromatic heterocycles. The number of hydrogen-bond acceptors (Lipinski definition) is 12. The Bertz CT molecular complexity index is 85.3. The average molecular weight is 530 g/mol. The van der Waals surface area contributed by atoms with Crippen LogP contribution in [0.4, 0.5) is 0 Å². The molecular weight excluding hydrogens is 488 g/mol. The van der Waals surface area contributed by atoms with Gasteiger partial charge in [0.15, 0.2) is 0 Å². The van der Waals surface area contributed by atoms with Crippen molar-refractivity contribution in [3.8, 4) is 0 Å². The van der Waals surface area contributed by atoms with E-state index >= 15 is 0 Å².